The summed E-state index contributed by atoms with van der Waals surface area (Å²) in [7, 11) is 0. The molecule has 0 aliphatic carbocycles. The number of thiophene rings is 1. The van der Waals surface area contributed by atoms with Crippen LogP contribution in [0, 0.1) is 0 Å². The van der Waals surface area contributed by atoms with Crippen molar-refractivity contribution in [3.63, 3.8) is 0 Å². The van der Waals surface area contributed by atoms with Crippen molar-refractivity contribution < 1.29 is 4.42 Å². The molecule has 0 saturated carbocycles. The third-order valence-corrected chi connectivity index (χ3v) is 7.33. The summed E-state index contributed by atoms with van der Waals surface area (Å²) in [5, 5.41) is 11.2. The Labute approximate surface area is 182 Å². The highest BCUT2D eigenvalue weighted by atomic mass is 32.1. The molecular formula is C28H17NOS. The lowest BCUT2D eigenvalue weighted by Gasteiger charge is -2.07. The molecule has 0 unspecified atom stereocenters. The van der Waals surface area contributed by atoms with E-state index >= 15 is 0 Å². The van der Waals surface area contributed by atoms with Gasteiger partial charge in [-0.15, -0.1) is 11.3 Å². The molecule has 31 heavy (non-hydrogen) atoms. The summed E-state index contributed by atoms with van der Waals surface area (Å²) in [6.07, 6.45) is 0. The van der Waals surface area contributed by atoms with Gasteiger partial charge in [0, 0.05) is 38.0 Å². The molecule has 0 amide bonds. The summed E-state index contributed by atoms with van der Waals surface area (Å²) in [5.41, 5.74) is 3.98. The summed E-state index contributed by atoms with van der Waals surface area (Å²) in [5.74, 6) is 0. The second-order valence-corrected chi connectivity index (χ2v) is 8.90. The highest BCUT2D eigenvalue weighted by Gasteiger charge is 2.12. The topological polar surface area (TPSA) is 25.2 Å². The maximum Gasteiger partial charge on any atom is 0.137 e. The Balaban J connectivity index is 1.40. The molecule has 2 heterocycles. The van der Waals surface area contributed by atoms with Crippen molar-refractivity contribution in [1.82, 2.24) is 0 Å². The van der Waals surface area contributed by atoms with Gasteiger partial charge < -0.3 is 9.73 Å². The third kappa shape index (κ3) is 2.50. The molecule has 0 bridgehead atoms. The van der Waals surface area contributed by atoms with Gasteiger partial charge in [0.15, 0.2) is 0 Å². The van der Waals surface area contributed by atoms with Gasteiger partial charge in [-0.25, -0.2) is 0 Å². The molecule has 0 atom stereocenters. The molecule has 0 saturated heterocycles. The minimum atomic E-state index is 0.903. The normalized spacial score (nSPS) is 11.9. The van der Waals surface area contributed by atoms with Crippen molar-refractivity contribution in [3.8, 4) is 0 Å². The molecule has 0 radical (unpaired) electrons. The number of fused-ring (bicyclic) bond motifs is 8. The van der Waals surface area contributed by atoms with E-state index in [1.54, 1.807) is 0 Å². The zero-order valence-corrected chi connectivity index (χ0v) is 17.4. The van der Waals surface area contributed by atoms with Gasteiger partial charge in [-0.3, -0.25) is 0 Å². The maximum absolute atomic E-state index is 6.08. The number of furan rings is 1. The van der Waals surface area contributed by atoms with Crippen molar-refractivity contribution in [1.29, 1.82) is 0 Å². The first-order valence-electron chi connectivity index (χ1n) is 10.4. The van der Waals surface area contributed by atoms with Crippen LogP contribution in [-0.2, 0) is 0 Å². The van der Waals surface area contributed by atoms with E-state index in [1.807, 2.05) is 23.5 Å². The van der Waals surface area contributed by atoms with E-state index in [9.17, 15) is 0 Å². The third-order valence-electron chi connectivity index (χ3n) is 6.05. The minimum Gasteiger partial charge on any atom is -0.456 e. The Hall–Kier alpha value is -3.82. The van der Waals surface area contributed by atoms with Gasteiger partial charge in [0.2, 0.25) is 0 Å². The van der Waals surface area contributed by atoms with Crippen molar-refractivity contribution in [3.05, 3.63) is 97.1 Å². The first kappa shape index (κ1) is 16.9. The minimum absolute atomic E-state index is 0.903. The van der Waals surface area contributed by atoms with Crippen molar-refractivity contribution in [2.75, 3.05) is 5.32 Å². The van der Waals surface area contributed by atoms with Gasteiger partial charge >= 0.3 is 0 Å². The van der Waals surface area contributed by atoms with E-state index in [2.05, 4.69) is 90.2 Å². The molecule has 2 aromatic heterocycles. The maximum atomic E-state index is 6.08. The molecule has 0 aliphatic heterocycles. The van der Waals surface area contributed by atoms with E-state index < -0.39 is 0 Å². The van der Waals surface area contributed by atoms with Gasteiger partial charge in [0.1, 0.15) is 11.2 Å². The largest absolute Gasteiger partial charge is 0.456 e. The smallest absolute Gasteiger partial charge is 0.137 e. The van der Waals surface area contributed by atoms with Crippen LogP contribution in [0.2, 0.25) is 0 Å². The van der Waals surface area contributed by atoms with Crippen LogP contribution in [0.25, 0.3) is 52.9 Å². The second kappa shape index (κ2) is 6.34. The van der Waals surface area contributed by atoms with E-state index in [1.165, 1.54) is 30.9 Å². The van der Waals surface area contributed by atoms with Crippen LogP contribution in [-0.4, -0.2) is 0 Å². The van der Waals surface area contributed by atoms with Crippen LogP contribution in [0.1, 0.15) is 0 Å². The van der Waals surface area contributed by atoms with E-state index in [0.29, 0.717) is 0 Å². The number of hydrogen-bond donors (Lipinski definition) is 1. The van der Waals surface area contributed by atoms with Gasteiger partial charge in [-0.2, -0.15) is 0 Å². The van der Waals surface area contributed by atoms with E-state index in [-0.39, 0.29) is 0 Å². The average Bonchev–Trinajstić information content (AvgIpc) is 3.38. The molecule has 0 spiro atoms. The van der Waals surface area contributed by atoms with Gasteiger partial charge in [0.05, 0.1) is 10.4 Å². The number of nitrogens with one attached hydrogen (secondary N) is 1. The molecule has 1 N–H and O–H groups in total. The summed E-state index contributed by atoms with van der Waals surface area (Å²) < 4.78 is 8.70. The van der Waals surface area contributed by atoms with Crippen LogP contribution in [0.15, 0.2) is 101 Å². The molecule has 5 aromatic carbocycles. The average molecular weight is 416 g/mol. The SMILES string of the molecule is c1ccc2c(c1)ccc1c3cccc(Nc4ccc5c(c4)oc4ccccc45)c3sc21. The zero-order valence-electron chi connectivity index (χ0n) is 16.6. The van der Waals surface area contributed by atoms with Crippen LogP contribution in [0.5, 0.6) is 0 Å². The lowest BCUT2D eigenvalue weighted by atomic mass is 10.1. The Morgan fingerprint density at radius 1 is 0.548 bits per heavy atom. The summed E-state index contributed by atoms with van der Waals surface area (Å²) in [4.78, 5) is 0. The molecule has 7 aromatic rings. The molecule has 146 valence electrons. The van der Waals surface area contributed by atoms with Crippen LogP contribution < -0.4 is 5.32 Å². The van der Waals surface area contributed by atoms with Gasteiger partial charge in [-0.1, -0.05) is 66.7 Å². The lowest BCUT2D eigenvalue weighted by Crippen LogP contribution is -1.89. The zero-order chi connectivity index (χ0) is 20.4. The number of para-hydroxylation sites is 1. The Morgan fingerprint density at radius 3 is 2.26 bits per heavy atom. The van der Waals surface area contributed by atoms with E-state index in [4.69, 9.17) is 4.42 Å². The highest BCUT2D eigenvalue weighted by Crippen LogP contribution is 2.42. The Bertz CT molecular complexity index is 1770. The number of hydrogen-bond acceptors (Lipinski definition) is 3. The monoisotopic (exact) mass is 415 g/mol. The van der Waals surface area contributed by atoms with Crippen LogP contribution in [0.4, 0.5) is 11.4 Å². The first-order valence-corrected chi connectivity index (χ1v) is 11.2. The lowest BCUT2D eigenvalue weighted by molar-refractivity contribution is 0.669. The fraction of sp³-hybridized carbons (Fsp3) is 0. The predicted octanol–water partition coefficient (Wildman–Crippen LogP) is 8.85. The summed E-state index contributed by atoms with van der Waals surface area (Å²) in [6, 6.07) is 34.1. The summed E-state index contributed by atoms with van der Waals surface area (Å²) in [6.45, 7) is 0. The molecule has 2 nitrogen and oxygen atoms in total. The second-order valence-electron chi connectivity index (χ2n) is 7.88. The molecular weight excluding hydrogens is 398 g/mol. The first-order chi connectivity index (χ1) is 15.3. The summed E-state index contributed by atoms with van der Waals surface area (Å²) >= 11 is 1.86. The van der Waals surface area contributed by atoms with Gasteiger partial charge in [0.25, 0.3) is 0 Å². The van der Waals surface area contributed by atoms with Crippen LogP contribution in [0.3, 0.4) is 0 Å². The Morgan fingerprint density at radius 2 is 1.29 bits per heavy atom. The number of benzene rings is 5. The van der Waals surface area contributed by atoms with Crippen LogP contribution >= 0.6 is 11.3 Å². The fourth-order valence-electron chi connectivity index (χ4n) is 4.58. The molecule has 0 fully saturated rings. The quantitative estimate of drug-likeness (QED) is 0.305. The predicted molar refractivity (Wildman–Crippen MR) is 134 cm³/mol. The van der Waals surface area contributed by atoms with Crippen molar-refractivity contribution in [2.24, 2.45) is 0 Å². The number of anilines is 2. The van der Waals surface area contributed by atoms with Gasteiger partial charge in [-0.05, 0) is 35.0 Å². The highest BCUT2D eigenvalue weighted by molar-refractivity contribution is 7.27. The Kier molecular flexibility index (Phi) is 3.46. The van der Waals surface area contributed by atoms with Crippen molar-refractivity contribution in [2.45, 2.75) is 0 Å². The molecule has 0 aliphatic rings. The van der Waals surface area contributed by atoms with Crippen molar-refractivity contribution >= 4 is 75.6 Å². The number of rotatable bonds is 2. The van der Waals surface area contributed by atoms with E-state index in [0.717, 1.165) is 33.3 Å². The molecule has 7 rings (SSSR count). The standard InChI is InChI=1S/C28H17NOS/c1-2-7-19-17(6-1)12-14-23-22-9-5-10-24(28(22)31-27(19)23)29-18-13-15-21-20-8-3-4-11-25(20)30-26(21)16-18/h1-16,29H. The molecule has 3 heteroatoms. The fourth-order valence-corrected chi connectivity index (χ4v) is 5.89.